The van der Waals surface area contributed by atoms with E-state index in [4.69, 9.17) is 19.9 Å². The highest BCUT2D eigenvalue weighted by Crippen LogP contribution is 2.27. The normalized spacial score (nSPS) is 15.0. The van der Waals surface area contributed by atoms with E-state index in [9.17, 15) is 9.59 Å². The van der Waals surface area contributed by atoms with Crippen LogP contribution in [0.15, 0.2) is 30.3 Å². The second-order valence-electron chi connectivity index (χ2n) is 8.40. The minimum Gasteiger partial charge on any atom is -0.464 e. The van der Waals surface area contributed by atoms with Gasteiger partial charge in [0, 0.05) is 0 Å². The van der Waals surface area contributed by atoms with Gasteiger partial charge >= 0.3 is 11.9 Å². The van der Waals surface area contributed by atoms with Crippen molar-refractivity contribution in [3.63, 3.8) is 0 Å². The largest absolute Gasteiger partial charge is 0.464 e. The Hall–Kier alpha value is -1.92. The van der Waals surface area contributed by atoms with Crippen LogP contribution in [0.5, 0.6) is 0 Å². The van der Waals surface area contributed by atoms with E-state index in [1.807, 2.05) is 44.2 Å². The molecular weight excluding hydrogens is 358 g/mol. The molecule has 0 unspecified atom stereocenters. The van der Waals surface area contributed by atoms with Gasteiger partial charge in [0.2, 0.25) is 5.54 Å². The minimum absolute atomic E-state index is 0.0905. The monoisotopic (exact) mass is 393 g/mol. The van der Waals surface area contributed by atoms with E-state index in [-0.39, 0.29) is 24.9 Å². The van der Waals surface area contributed by atoms with Crippen LogP contribution < -0.4 is 5.73 Å². The van der Waals surface area contributed by atoms with Gasteiger partial charge in [0.05, 0.1) is 19.8 Å². The third-order valence-corrected chi connectivity index (χ3v) is 4.37. The van der Waals surface area contributed by atoms with Crippen LogP contribution in [0.25, 0.3) is 0 Å². The fourth-order valence-corrected chi connectivity index (χ4v) is 2.68. The van der Waals surface area contributed by atoms with Crippen molar-refractivity contribution in [1.29, 1.82) is 0 Å². The van der Waals surface area contributed by atoms with E-state index in [2.05, 4.69) is 0 Å². The van der Waals surface area contributed by atoms with Gasteiger partial charge in [-0.2, -0.15) is 0 Å². The van der Waals surface area contributed by atoms with Crippen LogP contribution in [-0.4, -0.2) is 36.3 Å². The first kappa shape index (κ1) is 24.1. The van der Waals surface area contributed by atoms with Crippen molar-refractivity contribution in [2.75, 3.05) is 13.2 Å². The van der Waals surface area contributed by atoms with Gasteiger partial charge in [0.15, 0.2) is 0 Å². The standard InChI is InChI=1S/C22H35NO5/c1-7-27-19(24)22(23,20(25)28-21(4,5)6)13-18(16(2)3)15-26-14-17-11-9-8-10-12-17/h8-12,16,18H,7,13-15,23H2,1-6H3/t18-,22+/m1/s1. The molecule has 1 rings (SSSR count). The zero-order valence-electron chi connectivity index (χ0n) is 18.0. The third-order valence-electron chi connectivity index (χ3n) is 4.37. The van der Waals surface area contributed by atoms with E-state index in [1.165, 1.54) is 0 Å². The van der Waals surface area contributed by atoms with E-state index >= 15 is 0 Å². The maximum Gasteiger partial charge on any atom is 0.338 e. The molecule has 0 aliphatic rings. The number of hydrogen-bond donors (Lipinski definition) is 1. The van der Waals surface area contributed by atoms with E-state index < -0.39 is 23.1 Å². The Labute approximate surface area is 168 Å². The lowest BCUT2D eigenvalue weighted by atomic mass is 9.82. The quantitative estimate of drug-likeness (QED) is 0.484. The first-order valence-corrected chi connectivity index (χ1v) is 9.80. The summed E-state index contributed by atoms with van der Waals surface area (Å²) in [6.45, 7) is 11.9. The van der Waals surface area contributed by atoms with Crippen LogP contribution in [0.3, 0.4) is 0 Å². The molecule has 0 saturated carbocycles. The lowest BCUT2D eigenvalue weighted by molar-refractivity contribution is -0.173. The molecule has 0 fully saturated rings. The fraction of sp³-hybridized carbons (Fsp3) is 0.636. The van der Waals surface area contributed by atoms with Gasteiger partial charge in [-0.25, -0.2) is 9.59 Å². The summed E-state index contributed by atoms with van der Waals surface area (Å²) in [4.78, 5) is 25.3. The van der Waals surface area contributed by atoms with Crippen molar-refractivity contribution in [3.05, 3.63) is 35.9 Å². The molecular formula is C22H35NO5. The number of carbonyl (C=O) groups excluding carboxylic acids is 2. The Morgan fingerprint density at radius 2 is 1.68 bits per heavy atom. The van der Waals surface area contributed by atoms with Crippen LogP contribution in [-0.2, 0) is 30.4 Å². The Morgan fingerprint density at radius 3 is 2.18 bits per heavy atom. The molecule has 0 radical (unpaired) electrons. The summed E-state index contributed by atoms with van der Waals surface area (Å²) in [5.74, 6) is -1.51. The lowest BCUT2D eigenvalue weighted by Gasteiger charge is -2.33. The number of benzene rings is 1. The summed E-state index contributed by atoms with van der Waals surface area (Å²) in [5, 5.41) is 0. The first-order valence-electron chi connectivity index (χ1n) is 9.80. The van der Waals surface area contributed by atoms with Crippen LogP contribution in [0, 0.1) is 11.8 Å². The molecule has 0 saturated heterocycles. The lowest BCUT2D eigenvalue weighted by Crippen LogP contribution is -2.59. The molecule has 0 heterocycles. The van der Waals surface area contributed by atoms with Crippen LogP contribution in [0.1, 0.15) is 53.5 Å². The van der Waals surface area contributed by atoms with Crippen molar-refractivity contribution < 1.29 is 23.8 Å². The highest BCUT2D eigenvalue weighted by Gasteiger charge is 2.48. The SMILES string of the molecule is CCOC(=O)[C@@](N)(C[C@H](COCc1ccccc1)C(C)C)C(=O)OC(C)(C)C. The average molecular weight is 394 g/mol. The van der Waals surface area contributed by atoms with Crippen molar-refractivity contribution in [2.24, 2.45) is 17.6 Å². The van der Waals surface area contributed by atoms with Crippen LogP contribution >= 0.6 is 0 Å². The van der Waals surface area contributed by atoms with Crippen molar-refractivity contribution in [1.82, 2.24) is 0 Å². The second-order valence-corrected chi connectivity index (χ2v) is 8.40. The molecule has 0 amide bonds. The summed E-state index contributed by atoms with van der Waals surface area (Å²) < 4.78 is 16.4. The number of hydrogen-bond acceptors (Lipinski definition) is 6. The molecule has 0 spiro atoms. The van der Waals surface area contributed by atoms with E-state index in [0.29, 0.717) is 13.2 Å². The molecule has 2 N–H and O–H groups in total. The summed E-state index contributed by atoms with van der Waals surface area (Å²) >= 11 is 0. The molecule has 28 heavy (non-hydrogen) atoms. The van der Waals surface area contributed by atoms with E-state index in [1.54, 1.807) is 27.7 Å². The molecule has 0 bridgehead atoms. The number of carbonyl (C=O) groups is 2. The summed E-state index contributed by atoms with van der Waals surface area (Å²) in [6, 6.07) is 9.82. The first-order chi connectivity index (χ1) is 13.0. The van der Waals surface area contributed by atoms with Crippen molar-refractivity contribution >= 4 is 11.9 Å². The summed E-state index contributed by atoms with van der Waals surface area (Å²) in [7, 11) is 0. The molecule has 0 aromatic heterocycles. The molecule has 2 atom stereocenters. The summed E-state index contributed by atoms with van der Waals surface area (Å²) in [5.41, 5.74) is 4.73. The fourth-order valence-electron chi connectivity index (χ4n) is 2.68. The highest BCUT2D eigenvalue weighted by atomic mass is 16.6. The molecule has 6 heteroatoms. The smallest absolute Gasteiger partial charge is 0.338 e. The molecule has 158 valence electrons. The number of rotatable bonds is 10. The Bertz CT molecular complexity index is 624. The molecule has 1 aromatic carbocycles. The predicted octanol–water partition coefficient (Wildman–Crippen LogP) is 3.47. The second kappa shape index (κ2) is 10.6. The average Bonchev–Trinajstić information content (AvgIpc) is 2.60. The number of nitrogens with two attached hydrogens (primary N) is 1. The zero-order chi connectivity index (χ0) is 21.4. The van der Waals surface area contributed by atoms with Gasteiger partial charge in [-0.15, -0.1) is 0 Å². The van der Waals surface area contributed by atoms with Crippen molar-refractivity contribution in [3.8, 4) is 0 Å². The third kappa shape index (κ3) is 7.60. The van der Waals surface area contributed by atoms with E-state index in [0.717, 1.165) is 5.56 Å². The maximum absolute atomic E-state index is 12.8. The zero-order valence-corrected chi connectivity index (χ0v) is 18.0. The minimum atomic E-state index is -1.87. The Morgan fingerprint density at radius 1 is 1.07 bits per heavy atom. The van der Waals surface area contributed by atoms with Gasteiger partial charge < -0.3 is 19.9 Å². The summed E-state index contributed by atoms with van der Waals surface area (Å²) in [6.07, 6.45) is 0.0905. The van der Waals surface area contributed by atoms with Gasteiger partial charge in [-0.1, -0.05) is 44.2 Å². The molecule has 6 nitrogen and oxygen atoms in total. The molecule has 1 aromatic rings. The van der Waals surface area contributed by atoms with Gasteiger partial charge in [-0.3, -0.25) is 0 Å². The van der Waals surface area contributed by atoms with Gasteiger partial charge in [-0.05, 0) is 51.5 Å². The highest BCUT2D eigenvalue weighted by molar-refractivity contribution is 6.04. The van der Waals surface area contributed by atoms with Crippen molar-refractivity contribution in [2.45, 2.75) is 65.7 Å². The maximum atomic E-state index is 12.8. The van der Waals surface area contributed by atoms with Gasteiger partial charge in [0.25, 0.3) is 0 Å². The number of esters is 2. The molecule has 0 aliphatic heterocycles. The van der Waals surface area contributed by atoms with Gasteiger partial charge in [0.1, 0.15) is 5.60 Å². The van der Waals surface area contributed by atoms with Crippen LogP contribution in [0.2, 0.25) is 0 Å². The Kier molecular flexibility index (Phi) is 9.11. The Balaban J connectivity index is 2.90. The molecule has 0 aliphatic carbocycles. The van der Waals surface area contributed by atoms with Crippen LogP contribution in [0.4, 0.5) is 0 Å². The number of ether oxygens (including phenoxy) is 3. The topological polar surface area (TPSA) is 87.9 Å². The predicted molar refractivity (Wildman–Crippen MR) is 108 cm³/mol.